The van der Waals surface area contributed by atoms with Crippen molar-refractivity contribution >= 4 is 38.3 Å². The maximum absolute atomic E-state index is 11.9. The molecule has 152 valence electrons. The fourth-order valence-electron chi connectivity index (χ4n) is 4.80. The highest BCUT2D eigenvalue weighted by Crippen LogP contribution is 2.42. The average Bonchev–Trinajstić information content (AvgIpc) is 3.18. The van der Waals surface area contributed by atoms with Gasteiger partial charge >= 0.3 is 0 Å². The SMILES string of the molecule is O=[N+]([O-])c1cccc2cccc(-c3cccc4c3c3ccccc3n4-c3ccccc3)c12. The first kappa shape index (κ1) is 18.3. The Bertz CT molecular complexity index is 1640. The number of rotatable bonds is 3. The third kappa shape index (κ3) is 2.63. The zero-order valence-electron chi connectivity index (χ0n) is 17.1. The number of nitrogens with zero attached hydrogens (tertiary/aromatic N) is 2. The minimum absolute atomic E-state index is 0.127. The van der Waals surface area contributed by atoms with Gasteiger partial charge in [-0.1, -0.05) is 78.9 Å². The van der Waals surface area contributed by atoms with E-state index in [0.29, 0.717) is 5.39 Å². The lowest BCUT2D eigenvalue weighted by Crippen LogP contribution is -1.93. The van der Waals surface area contributed by atoms with Crippen LogP contribution in [0.2, 0.25) is 0 Å². The van der Waals surface area contributed by atoms with E-state index in [1.165, 1.54) is 0 Å². The van der Waals surface area contributed by atoms with Crippen molar-refractivity contribution in [2.45, 2.75) is 0 Å². The zero-order valence-corrected chi connectivity index (χ0v) is 17.1. The molecule has 0 radical (unpaired) electrons. The van der Waals surface area contributed by atoms with Gasteiger partial charge in [-0.15, -0.1) is 0 Å². The number of para-hydroxylation sites is 2. The van der Waals surface area contributed by atoms with Crippen molar-refractivity contribution in [3.05, 3.63) is 119 Å². The Labute approximate surface area is 184 Å². The van der Waals surface area contributed by atoms with Gasteiger partial charge in [-0.25, -0.2) is 0 Å². The van der Waals surface area contributed by atoms with Gasteiger partial charge in [0, 0.05) is 22.5 Å². The summed E-state index contributed by atoms with van der Waals surface area (Å²) in [5.41, 5.74) is 5.26. The molecular weight excluding hydrogens is 396 g/mol. The molecule has 6 rings (SSSR count). The summed E-state index contributed by atoms with van der Waals surface area (Å²) in [7, 11) is 0. The first-order chi connectivity index (χ1) is 15.7. The van der Waals surface area contributed by atoms with Gasteiger partial charge < -0.3 is 4.57 Å². The Morgan fingerprint density at radius 1 is 0.594 bits per heavy atom. The van der Waals surface area contributed by atoms with Crippen LogP contribution in [-0.4, -0.2) is 9.49 Å². The quantitative estimate of drug-likeness (QED) is 0.222. The minimum Gasteiger partial charge on any atom is -0.309 e. The van der Waals surface area contributed by atoms with E-state index in [9.17, 15) is 10.1 Å². The number of hydrogen-bond donors (Lipinski definition) is 0. The highest BCUT2D eigenvalue weighted by Gasteiger charge is 2.20. The van der Waals surface area contributed by atoms with Crippen LogP contribution in [0.3, 0.4) is 0 Å². The highest BCUT2D eigenvalue weighted by molar-refractivity contribution is 6.18. The van der Waals surface area contributed by atoms with Gasteiger partial charge in [0.15, 0.2) is 0 Å². The maximum atomic E-state index is 11.9. The monoisotopic (exact) mass is 414 g/mol. The lowest BCUT2D eigenvalue weighted by molar-refractivity contribution is -0.383. The first-order valence-electron chi connectivity index (χ1n) is 10.5. The molecule has 0 saturated carbocycles. The predicted molar refractivity (Wildman–Crippen MR) is 130 cm³/mol. The minimum atomic E-state index is -0.292. The topological polar surface area (TPSA) is 48.1 Å². The van der Waals surface area contributed by atoms with Gasteiger partial charge in [0.25, 0.3) is 5.69 Å². The second-order valence-electron chi connectivity index (χ2n) is 7.83. The third-order valence-electron chi connectivity index (χ3n) is 6.08. The summed E-state index contributed by atoms with van der Waals surface area (Å²) in [6.45, 7) is 0. The lowest BCUT2D eigenvalue weighted by atomic mass is 9.94. The lowest BCUT2D eigenvalue weighted by Gasteiger charge is -2.11. The molecule has 1 heterocycles. The smallest absolute Gasteiger partial charge is 0.277 e. The molecule has 0 bridgehead atoms. The van der Waals surface area contributed by atoms with Crippen molar-refractivity contribution in [2.24, 2.45) is 0 Å². The summed E-state index contributed by atoms with van der Waals surface area (Å²) in [4.78, 5) is 11.6. The normalized spacial score (nSPS) is 11.4. The van der Waals surface area contributed by atoms with Crippen LogP contribution in [0.25, 0.3) is 49.4 Å². The van der Waals surface area contributed by atoms with Crippen LogP contribution in [0.1, 0.15) is 0 Å². The van der Waals surface area contributed by atoms with Crippen LogP contribution in [0.5, 0.6) is 0 Å². The van der Waals surface area contributed by atoms with Crippen LogP contribution in [0.15, 0.2) is 109 Å². The molecule has 4 heteroatoms. The van der Waals surface area contributed by atoms with Crippen molar-refractivity contribution in [2.75, 3.05) is 0 Å². The molecule has 32 heavy (non-hydrogen) atoms. The average molecular weight is 414 g/mol. The molecule has 0 aliphatic carbocycles. The fourth-order valence-corrected chi connectivity index (χ4v) is 4.80. The van der Waals surface area contributed by atoms with Crippen molar-refractivity contribution in [1.82, 2.24) is 4.57 Å². The van der Waals surface area contributed by atoms with Gasteiger partial charge in [-0.3, -0.25) is 10.1 Å². The van der Waals surface area contributed by atoms with E-state index in [1.54, 1.807) is 12.1 Å². The summed E-state index contributed by atoms with van der Waals surface area (Å²) in [6.07, 6.45) is 0. The molecule has 0 fully saturated rings. The van der Waals surface area contributed by atoms with Gasteiger partial charge in [0.05, 0.1) is 21.3 Å². The zero-order chi connectivity index (χ0) is 21.7. The number of aromatic nitrogens is 1. The van der Waals surface area contributed by atoms with E-state index >= 15 is 0 Å². The van der Waals surface area contributed by atoms with E-state index in [1.807, 2.05) is 60.7 Å². The second kappa shape index (κ2) is 7.06. The largest absolute Gasteiger partial charge is 0.309 e. The Morgan fingerprint density at radius 2 is 1.22 bits per heavy atom. The van der Waals surface area contributed by atoms with E-state index < -0.39 is 0 Å². The van der Waals surface area contributed by atoms with Crippen molar-refractivity contribution in [3.8, 4) is 16.8 Å². The Morgan fingerprint density at radius 3 is 2.00 bits per heavy atom. The Kier molecular flexibility index (Phi) is 4.05. The molecule has 0 aliphatic heterocycles. The number of fused-ring (bicyclic) bond motifs is 4. The molecule has 5 aromatic carbocycles. The number of nitro benzene ring substituents is 1. The van der Waals surface area contributed by atoms with Crippen LogP contribution < -0.4 is 0 Å². The molecule has 0 atom stereocenters. The van der Waals surface area contributed by atoms with Crippen molar-refractivity contribution in [1.29, 1.82) is 0 Å². The summed E-state index contributed by atoms with van der Waals surface area (Å²) < 4.78 is 2.26. The van der Waals surface area contributed by atoms with E-state index in [4.69, 9.17) is 0 Å². The van der Waals surface area contributed by atoms with Crippen LogP contribution in [0.4, 0.5) is 5.69 Å². The summed E-state index contributed by atoms with van der Waals surface area (Å²) in [5, 5.41) is 15.6. The molecule has 0 N–H and O–H groups in total. The summed E-state index contributed by atoms with van der Waals surface area (Å²) in [5.74, 6) is 0. The standard InChI is InChI=1S/C28H18N2O2/c31-30(32)26-18-7-10-19-9-6-14-21(27(19)26)22-15-8-17-25-28(22)23-13-4-5-16-24(23)29(25)20-11-2-1-3-12-20/h1-18H. The fraction of sp³-hybridized carbons (Fsp3) is 0. The Hall–Kier alpha value is -4.44. The molecule has 0 unspecified atom stereocenters. The molecule has 1 aromatic heterocycles. The second-order valence-corrected chi connectivity index (χ2v) is 7.83. The molecular formula is C28H18N2O2. The highest BCUT2D eigenvalue weighted by atomic mass is 16.6. The molecule has 0 aliphatic rings. The number of non-ortho nitro benzene ring substituents is 1. The predicted octanol–water partition coefficient (Wildman–Crippen LogP) is 7.51. The summed E-state index contributed by atoms with van der Waals surface area (Å²) in [6, 6.07) is 36.0. The molecule has 0 spiro atoms. The van der Waals surface area contributed by atoms with Crippen molar-refractivity contribution in [3.63, 3.8) is 0 Å². The summed E-state index contributed by atoms with van der Waals surface area (Å²) >= 11 is 0. The van der Waals surface area contributed by atoms with Gasteiger partial charge in [-0.05, 0) is 40.8 Å². The van der Waals surface area contributed by atoms with Gasteiger partial charge in [0.2, 0.25) is 0 Å². The number of hydrogen-bond acceptors (Lipinski definition) is 2. The number of benzene rings is 5. The molecule has 0 amide bonds. The Balaban J connectivity index is 1.79. The molecule has 0 saturated heterocycles. The van der Waals surface area contributed by atoms with E-state index in [-0.39, 0.29) is 10.6 Å². The number of nitro groups is 1. The molecule has 6 aromatic rings. The first-order valence-corrected chi connectivity index (χ1v) is 10.5. The van der Waals surface area contributed by atoms with E-state index in [0.717, 1.165) is 44.0 Å². The van der Waals surface area contributed by atoms with Crippen LogP contribution in [-0.2, 0) is 0 Å². The van der Waals surface area contributed by atoms with E-state index in [2.05, 4.69) is 41.0 Å². The van der Waals surface area contributed by atoms with Crippen LogP contribution in [0, 0.1) is 10.1 Å². The van der Waals surface area contributed by atoms with Gasteiger partial charge in [0.1, 0.15) is 0 Å². The van der Waals surface area contributed by atoms with Crippen molar-refractivity contribution < 1.29 is 4.92 Å². The van der Waals surface area contributed by atoms with Gasteiger partial charge in [-0.2, -0.15) is 0 Å². The third-order valence-corrected chi connectivity index (χ3v) is 6.08. The maximum Gasteiger partial charge on any atom is 0.277 e. The van der Waals surface area contributed by atoms with Crippen LogP contribution >= 0.6 is 0 Å². The molecule has 4 nitrogen and oxygen atoms in total.